The number of benzene rings is 1. The Morgan fingerprint density at radius 3 is 2.63 bits per heavy atom. The number of hydrogen-bond donors (Lipinski definition) is 2. The largest absolute Gasteiger partial charge is 0.389 e. The van der Waals surface area contributed by atoms with Gasteiger partial charge < -0.3 is 20.5 Å². The first-order valence-corrected chi connectivity index (χ1v) is 6.26. The van der Waals surface area contributed by atoms with Crippen LogP contribution in [-0.2, 0) is 16.0 Å². The summed E-state index contributed by atoms with van der Waals surface area (Å²) in [6, 6.07) is 9.03. The predicted molar refractivity (Wildman–Crippen MR) is 73.6 cm³/mol. The van der Waals surface area contributed by atoms with Gasteiger partial charge >= 0.3 is 0 Å². The molecule has 1 aromatic rings. The van der Waals surface area contributed by atoms with Crippen LogP contribution in [-0.4, -0.2) is 55.4 Å². The van der Waals surface area contributed by atoms with Gasteiger partial charge in [-0.25, -0.2) is 0 Å². The number of hydrogen-bond acceptors (Lipinski definition) is 4. The first-order chi connectivity index (χ1) is 9.04. The zero-order chi connectivity index (χ0) is 14.3. The molecule has 0 saturated heterocycles. The summed E-state index contributed by atoms with van der Waals surface area (Å²) in [4.78, 5) is 13.5. The Morgan fingerprint density at radius 1 is 1.42 bits per heavy atom. The van der Waals surface area contributed by atoms with E-state index in [-0.39, 0.29) is 19.1 Å². The molecule has 5 nitrogen and oxygen atoms in total. The minimum Gasteiger partial charge on any atom is -0.389 e. The van der Waals surface area contributed by atoms with E-state index in [9.17, 15) is 9.90 Å². The Hall–Kier alpha value is -1.43. The average Bonchev–Trinajstić information content (AvgIpc) is 2.39. The fraction of sp³-hybridized carbons (Fsp3) is 0.500. The number of aliphatic hydroxyl groups excluding tert-OH is 1. The highest BCUT2D eigenvalue weighted by Crippen LogP contribution is 2.04. The summed E-state index contributed by atoms with van der Waals surface area (Å²) in [5.74, 6) is -0.181. The van der Waals surface area contributed by atoms with Crippen LogP contribution in [0.1, 0.15) is 5.56 Å². The smallest absolute Gasteiger partial charge is 0.239 e. The molecule has 1 aromatic carbocycles. The summed E-state index contributed by atoms with van der Waals surface area (Å²) >= 11 is 0. The zero-order valence-corrected chi connectivity index (χ0v) is 11.5. The highest BCUT2D eigenvalue weighted by atomic mass is 16.5. The van der Waals surface area contributed by atoms with E-state index >= 15 is 0 Å². The van der Waals surface area contributed by atoms with Crippen LogP contribution >= 0.6 is 0 Å². The molecule has 5 heteroatoms. The van der Waals surface area contributed by atoms with Crippen molar-refractivity contribution in [2.75, 3.05) is 27.3 Å². The Kier molecular flexibility index (Phi) is 6.49. The van der Waals surface area contributed by atoms with Gasteiger partial charge in [0.2, 0.25) is 5.91 Å². The number of ether oxygens (including phenoxy) is 1. The minimum atomic E-state index is -0.692. The molecule has 106 valence electrons. The Bertz CT molecular complexity index is 384. The molecule has 19 heavy (non-hydrogen) atoms. The summed E-state index contributed by atoms with van der Waals surface area (Å²) in [6.45, 7) is 0.417. The van der Waals surface area contributed by atoms with Gasteiger partial charge in [-0.3, -0.25) is 4.79 Å². The van der Waals surface area contributed by atoms with E-state index in [1.807, 2.05) is 30.3 Å². The topological polar surface area (TPSA) is 75.8 Å². The van der Waals surface area contributed by atoms with E-state index in [0.29, 0.717) is 6.42 Å². The summed E-state index contributed by atoms with van der Waals surface area (Å²) in [5, 5.41) is 9.58. The van der Waals surface area contributed by atoms with E-state index in [1.165, 1.54) is 12.0 Å². The molecule has 0 heterocycles. The fourth-order valence-corrected chi connectivity index (χ4v) is 1.89. The molecule has 0 saturated carbocycles. The third kappa shape index (κ3) is 5.38. The number of carbonyl (C=O) groups excluding carboxylic acids is 1. The van der Waals surface area contributed by atoms with Gasteiger partial charge in [-0.05, 0) is 12.0 Å². The molecule has 0 bridgehead atoms. The first-order valence-electron chi connectivity index (χ1n) is 6.26. The average molecular weight is 266 g/mol. The number of likely N-dealkylation sites (N-methyl/N-ethyl adjacent to an activating group) is 1. The molecule has 2 unspecified atom stereocenters. The summed E-state index contributed by atoms with van der Waals surface area (Å²) < 4.78 is 4.82. The van der Waals surface area contributed by atoms with Crippen LogP contribution in [0, 0.1) is 0 Å². The van der Waals surface area contributed by atoms with Crippen LogP contribution in [0.5, 0.6) is 0 Å². The number of methoxy groups -OCH3 is 1. The molecule has 0 aliphatic carbocycles. The molecule has 0 radical (unpaired) electrons. The van der Waals surface area contributed by atoms with Crippen molar-refractivity contribution < 1.29 is 14.6 Å². The standard InChI is InChI=1S/C14H22N2O3/c1-16(9-12(17)10-19-2)14(18)13(15)8-11-6-4-3-5-7-11/h3-7,12-13,17H,8-10,15H2,1-2H3. The highest BCUT2D eigenvalue weighted by Gasteiger charge is 2.20. The molecule has 3 N–H and O–H groups in total. The lowest BCUT2D eigenvalue weighted by Gasteiger charge is -2.23. The van der Waals surface area contributed by atoms with Gasteiger partial charge in [0.1, 0.15) is 0 Å². The summed E-state index contributed by atoms with van der Waals surface area (Å²) in [6.07, 6.45) is -0.201. The van der Waals surface area contributed by atoms with E-state index in [0.717, 1.165) is 5.56 Å². The quantitative estimate of drug-likeness (QED) is 0.729. The van der Waals surface area contributed by atoms with Crippen molar-refractivity contribution in [1.82, 2.24) is 4.90 Å². The Labute approximate surface area is 114 Å². The van der Waals surface area contributed by atoms with Crippen molar-refractivity contribution >= 4 is 5.91 Å². The number of nitrogens with two attached hydrogens (primary N) is 1. The third-order valence-electron chi connectivity index (χ3n) is 2.84. The van der Waals surface area contributed by atoms with E-state index in [2.05, 4.69) is 0 Å². The number of carbonyl (C=O) groups is 1. The SMILES string of the molecule is COCC(O)CN(C)C(=O)C(N)Cc1ccccc1. The van der Waals surface area contributed by atoms with E-state index < -0.39 is 12.1 Å². The van der Waals surface area contributed by atoms with Crippen LogP contribution in [0.25, 0.3) is 0 Å². The van der Waals surface area contributed by atoms with Crippen LogP contribution < -0.4 is 5.73 Å². The molecule has 0 spiro atoms. The van der Waals surface area contributed by atoms with E-state index in [1.54, 1.807) is 7.05 Å². The molecule has 1 rings (SSSR count). The van der Waals surface area contributed by atoms with E-state index in [4.69, 9.17) is 10.5 Å². The second-order valence-electron chi connectivity index (χ2n) is 4.62. The monoisotopic (exact) mass is 266 g/mol. The number of amides is 1. The normalized spacial score (nSPS) is 13.9. The molecule has 2 atom stereocenters. The van der Waals surface area contributed by atoms with Gasteiger partial charge in [-0.2, -0.15) is 0 Å². The third-order valence-corrected chi connectivity index (χ3v) is 2.84. The second kappa shape index (κ2) is 7.89. The van der Waals surface area contributed by atoms with Crippen molar-refractivity contribution in [3.05, 3.63) is 35.9 Å². The Balaban J connectivity index is 2.47. The van der Waals surface area contributed by atoms with Gasteiger partial charge in [0.05, 0.1) is 18.8 Å². The van der Waals surface area contributed by atoms with Gasteiger partial charge in [0, 0.05) is 20.7 Å². The summed E-state index contributed by atoms with van der Waals surface area (Å²) in [5.41, 5.74) is 6.92. The molecule has 0 aliphatic heterocycles. The lowest BCUT2D eigenvalue weighted by molar-refractivity contribution is -0.132. The molecular weight excluding hydrogens is 244 g/mol. The maximum atomic E-state index is 12.0. The molecular formula is C14H22N2O3. The van der Waals surface area contributed by atoms with Crippen molar-refractivity contribution in [2.45, 2.75) is 18.6 Å². The van der Waals surface area contributed by atoms with Crippen LogP contribution in [0.4, 0.5) is 0 Å². The zero-order valence-electron chi connectivity index (χ0n) is 11.5. The maximum Gasteiger partial charge on any atom is 0.239 e. The molecule has 0 aliphatic rings. The minimum absolute atomic E-state index is 0.181. The number of rotatable bonds is 7. The number of aliphatic hydroxyl groups is 1. The first kappa shape index (κ1) is 15.6. The maximum absolute atomic E-state index is 12.0. The van der Waals surface area contributed by atoms with Gasteiger partial charge in [0.25, 0.3) is 0 Å². The molecule has 1 amide bonds. The predicted octanol–water partition coefficient (Wildman–Crippen LogP) is 0.0221. The number of nitrogens with zero attached hydrogens (tertiary/aromatic N) is 1. The fourth-order valence-electron chi connectivity index (χ4n) is 1.89. The van der Waals surface area contributed by atoms with Crippen molar-refractivity contribution in [2.24, 2.45) is 5.73 Å². The van der Waals surface area contributed by atoms with Gasteiger partial charge in [-0.15, -0.1) is 0 Å². The van der Waals surface area contributed by atoms with Crippen LogP contribution in [0.15, 0.2) is 30.3 Å². The van der Waals surface area contributed by atoms with Crippen LogP contribution in [0.2, 0.25) is 0 Å². The van der Waals surface area contributed by atoms with Gasteiger partial charge in [-0.1, -0.05) is 30.3 Å². The molecule has 0 aromatic heterocycles. The Morgan fingerprint density at radius 2 is 2.05 bits per heavy atom. The molecule has 0 fully saturated rings. The van der Waals surface area contributed by atoms with Crippen molar-refractivity contribution in [3.8, 4) is 0 Å². The van der Waals surface area contributed by atoms with Gasteiger partial charge in [0.15, 0.2) is 0 Å². The lowest BCUT2D eigenvalue weighted by atomic mass is 10.1. The highest BCUT2D eigenvalue weighted by molar-refractivity contribution is 5.81. The second-order valence-corrected chi connectivity index (χ2v) is 4.62. The van der Waals surface area contributed by atoms with Crippen molar-refractivity contribution in [3.63, 3.8) is 0 Å². The lowest BCUT2D eigenvalue weighted by Crippen LogP contribution is -2.46. The summed E-state index contributed by atoms with van der Waals surface area (Å²) in [7, 11) is 3.14. The van der Waals surface area contributed by atoms with Crippen molar-refractivity contribution in [1.29, 1.82) is 0 Å². The van der Waals surface area contributed by atoms with Crippen LogP contribution in [0.3, 0.4) is 0 Å².